The molecule has 86 valence electrons. The van der Waals surface area contributed by atoms with Gasteiger partial charge in [0.2, 0.25) is 5.56 Å². The highest BCUT2D eigenvalue weighted by Crippen LogP contribution is 2.17. The van der Waals surface area contributed by atoms with Gasteiger partial charge in [-0.05, 0) is 12.5 Å². The van der Waals surface area contributed by atoms with Crippen molar-refractivity contribution in [2.75, 3.05) is 19.7 Å². The Morgan fingerprint density at radius 2 is 2.44 bits per heavy atom. The van der Waals surface area contributed by atoms with Gasteiger partial charge in [-0.25, -0.2) is 0 Å². The van der Waals surface area contributed by atoms with E-state index in [2.05, 4.69) is 4.98 Å². The van der Waals surface area contributed by atoms with Gasteiger partial charge < -0.3 is 15.0 Å². The van der Waals surface area contributed by atoms with Crippen molar-refractivity contribution in [3.8, 4) is 0 Å². The molecule has 2 rings (SSSR count). The summed E-state index contributed by atoms with van der Waals surface area (Å²) in [6.07, 6.45) is 2.29. The number of nitrogens with zero attached hydrogens (tertiary/aromatic N) is 1. The molecule has 1 amide bonds. The largest absolute Gasteiger partial charge is 0.396 e. The molecule has 1 atom stereocenters. The molecule has 2 heterocycles. The van der Waals surface area contributed by atoms with E-state index in [1.807, 2.05) is 0 Å². The third-order valence-electron chi connectivity index (χ3n) is 2.85. The van der Waals surface area contributed by atoms with Crippen LogP contribution in [-0.4, -0.2) is 40.6 Å². The van der Waals surface area contributed by atoms with E-state index in [4.69, 9.17) is 5.11 Å². The second-order valence-corrected chi connectivity index (χ2v) is 4.03. The van der Waals surface area contributed by atoms with Crippen LogP contribution in [0.4, 0.5) is 0 Å². The number of likely N-dealkylation sites (tertiary alicyclic amines) is 1. The molecular formula is C11H14N2O3. The Balaban J connectivity index is 2.11. The minimum absolute atomic E-state index is 0.110. The van der Waals surface area contributed by atoms with Gasteiger partial charge in [-0.3, -0.25) is 9.59 Å². The average Bonchev–Trinajstić information content (AvgIpc) is 2.76. The van der Waals surface area contributed by atoms with Gasteiger partial charge in [0.05, 0.1) is 0 Å². The van der Waals surface area contributed by atoms with Crippen LogP contribution < -0.4 is 5.56 Å². The molecule has 0 saturated carbocycles. The Kier molecular flexibility index (Phi) is 3.05. The van der Waals surface area contributed by atoms with Gasteiger partial charge >= 0.3 is 0 Å². The normalized spacial score (nSPS) is 20.1. The van der Waals surface area contributed by atoms with Gasteiger partial charge in [-0.2, -0.15) is 0 Å². The fraction of sp³-hybridized carbons (Fsp3) is 0.455. The van der Waals surface area contributed by atoms with Gasteiger partial charge in [0.15, 0.2) is 0 Å². The molecule has 1 fully saturated rings. The number of aliphatic hydroxyl groups excluding tert-OH is 1. The van der Waals surface area contributed by atoms with Crippen molar-refractivity contribution in [1.82, 2.24) is 9.88 Å². The van der Waals surface area contributed by atoms with Gasteiger partial charge in [0.1, 0.15) is 0 Å². The number of aliphatic hydroxyl groups is 1. The molecule has 0 bridgehead atoms. The van der Waals surface area contributed by atoms with Crippen molar-refractivity contribution in [1.29, 1.82) is 0 Å². The smallest absolute Gasteiger partial charge is 0.254 e. The molecule has 1 aromatic rings. The Labute approximate surface area is 92.7 Å². The molecule has 1 aliphatic heterocycles. The number of aromatic amines is 1. The van der Waals surface area contributed by atoms with Gasteiger partial charge in [0, 0.05) is 43.4 Å². The number of nitrogens with one attached hydrogen (secondary N) is 1. The predicted molar refractivity (Wildman–Crippen MR) is 58.2 cm³/mol. The lowest BCUT2D eigenvalue weighted by Crippen LogP contribution is -2.29. The van der Waals surface area contributed by atoms with Crippen LogP contribution in [0, 0.1) is 5.92 Å². The van der Waals surface area contributed by atoms with Crippen molar-refractivity contribution in [3.05, 3.63) is 34.2 Å². The van der Waals surface area contributed by atoms with Crippen LogP contribution in [-0.2, 0) is 0 Å². The van der Waals surface area contributed by atoms with E-state index in [1.165, 1.54) is 12.3 Å². The van der Waals surface area contributed by atoms with Crippen molar-refractivity contribution in [2.45, 2.75) is 6.42 Å². The summed E-state index contributed by atoms with van der Waals surface area (Å²) >= 11 is 0. The van der Waals surface area contributed by atoms with E-state index < -0.39 is 0 Å². The first-order chi connectivity index (χ1) is 7.70. The summed E-state index contributed by atoms with van der Waals surface area (Å²) in [6, 6.07) is 2.89. The second kappa shape index (κ2) is 4.49. The van der Waals surface area contributed by atoms with Crippen molar-refractivity contribution in [3.63, 3.8) is 0 Å². The minimum atomic E-state index is -0.274. The molecule has 1 aromatic heterocycles. The summed E-state index contributed by atoms with van der Waals surface area (Å²) < 4.78 is 0. The number of H-pyrrole nitrogens is 1. The van der Waals surface area contributed by atoms with Gasteiger partial charge in [0.25, 0.3) is 5.91 Å². The van der Waals surface area contributed by atoms with E-state index in [0.717, 1.165) is 6.42 Å². The molecule has 16 heavy (non-hydrogen) atoms. The number of carbonyl (C=O) groups is 1. The van der Waals surface area contributed by atoms with Crippen LogP contribution in [0.25, 0.3) is 0 Å². The third-order valence-corrected chi connectivity index (χ3v) is 2.85. The summed E-state index contributed by atoms with van der Waals surface area (Å²) in [6.45, 7) is 1.33. The fourth-order valence-corrected chi connectivity index (χ4v) is 1.93. The number of pyridine rings is 1. The highest BCUT2D eigenvalue weighted by atomic mass is 16.3. The van der Waals surface area contributed by atoms with E-state index >= 15 is 0 Å². The molecule has 0 spiro atoms. The molecular weight excluding hydrogens is 208 g/mol. The number of amides is 1. The van der Waals surface area contributed by atoms with E-state index in [-0.39, 0.29) is 24.0 Å². The van der Waals surface area contributed by atoms with Crippen LogP contribution in [0.3, 0.4) is 0 Å². The molecule has 0 aromatic carbocycles. The summed E-state index contributed by atoms with van der Waals surface area (Å²) in [5.74, 6) is 0.0352. The molecule has 0 radical (unpaired) electrons. The lowest BCUT2D eigenvalue weighted by Gasteiger charge is -2.15. The Hall–Kier alpha value is -1.62. The van der Waals surface area contributed by atoms with Crippen LogP contribution in [0.2, 0.25) is 0 Å². The quantitative estimate of drug-likeness (QED) is 0.729. The van der Waals surface area contributed by atoms with Crippen LogP contribution in [0.15, 0.2) is 23.1 Å². The first kappa shape index (κ1) is 10.9. The summed E-state index contributed by atoms with van der Waals surface area (Å²) in [5, 5.41) is 8.99. The molecule has 1 unspecified atom stereocenters. The maximum absolute atomic E-state index is 12.0. The fourth-order valence-electron chi connectivity index (χ4n) is 1.93. The second-order valence-electron chi connectivity index (χ2n) is 4.03. The zero-order valence-corrected chi connectivity index (χ0v) is 8.85. The van der Waals surface area contributed by atoms with Gasteiger partial charge in [-0.15, -0.1) is 0 Å². The Morgan fingerprint density at radius 1 is 1.62 bits per heavy atom. The molecule has 0 aliphatic carbocycles. The standard InChI is InChI=1S/C11H14N2O3/c14-7-8-2-4-13(6-8)11(16)9-1-3-12-10(15)5-9/h1,3,5,8,14H,2,4,6-7H2,(H,12,15). The summed E-state index contributed by atoms with van der Waals surface area (Å²) in [4.78, 5) is 27.2. The van der Waals surface area contributed by atoms with Crippen molar-refractivity contribution >= 4 is 5.91 Å². The van der Waals surface area contributed by atoms with Gasteiger partial charge in [-0.1, -0.05) is 0 Å². The third kappa shape index (κ3) is 2.14. The number of aromatic nitrogens is 1. The molecule has 2 N–H and O–H groups in total. The highest BCUT2D eigenvalue weighted by molar-refractivity contribution is 5.94. The molecule has 5 heteroatoms. The topological polar surface area (TPSA) is 73.4 Å². The van der Waals surface area contributed by atoms with Crippen molar-refractivity contribution in [2.24, 2.45) is 5.92 Å². The lowest BCUT2D eigenvalue weighted by atomic mass is 10.1. The number of rotatable bonds is 2. The van der Waals surface area contributed by atoms with Crippen LogP contribution in [0.1, 0.15) is 16.8 Å². The summed E-state index contributed by atoms with van der Waals surface area (Å²) in [7, 11) is 0. The average molecular weight is 222 g/mol. The number of hydrogen-bond donors (Lipinski definition) is 2. The maximum Gasteiger partial charge on any atom is 0.254 e. The van der Waals surface area contributed by atoms with E-state index in [0.29, 0.717) is 18.7 Å². The SMILES string of the molecule is O=C(c1cc[nH]c(=O)c1)N1CCC(CO)C1. The summed E-state index contributed by atoms with van der Waals surface area (Å²) in [5.41, 5.74) is 0.131. The Bertz CT molecular complexity index is 441. The monoisotopic (exact) mass is 222 g/mol. The molecule has 1 saturated heterocycles. The lowest BCUT2D eigenvalue weighted by molar-refractivity contribution is 0.0781. The number of hydrogen-bond acceptors (Lipinski definition) is 3. The van der Waals surface area contributed by atoms with Crippen LogP contribution in [0.5, 0.6) is 0 Å². The molecule has 1 aliphatic rings. The van der Waals surface area contributed by atoms with Crippen molar-refractivity contribution < 1.29 is 9.90 Å². The van der Waals surface area contributed by atoms with Crippen LogP contribution >= 0.6 is 0 Å². The maximum atomic E-state index is 12.0. The minimum Gasteiger partial charge on any atom is -0.396 e. The zero-order valence-electron chi connectivity index (χ0n) is 8.85. The highest BCUT2D eigenvalue weighted by Gasteiger charge is 2.26. The van der Waals surface area contributed by atoms with E-state index in [1.54, 1.807) is 11.0 Å². The first-order valence-corrected chi connectivity index (χ1v) is 5.29. The zero-order chi connectivity index (χ0) is 11.5. The molecule has 5 nitrogen and oxygen atoms in total. The first-order valence-electron chi connectivity index (χ1n) is 5.29. The van der Waals surface area contributed by atoms with E-state index in [9.17, 15) is 9.59 Å². The number of carbonyl (C=O) groups excluding carboxylic acids is 1. The predicted octanol–water partition coefficient (Wildman–Crippen LogP) is -0.171. The Morgan fingerprint density at radius 3 is 3.06 bits per heavy atom.